The maximum atomic E-state index is 12.0. The van der Waals surface area contributed by atoms with E-state index in [4.69, 9.17) is 10.00 Å². The van der Waals surface area contributed by atoms with E-state index in [1.165, 1.54) is 0 Å². The summed E-state index contributed by atoms with van der Waals surface area (Å²) in [5.74, 6) is -0.188. The molecule has 0 spiro atoms. The van der Waals surface area contributed by atoms with E-state index in [0.717, 1.165) is 16.8 Å². The smallest absolute Gasteiger partial charge is 0.363 e. The highest BCUT2D eigenvalue weighted by Gasteiger charge is 2.24. The summed E-state index contributed by atoms with van der Waals surface area (Å²) in [5, 5.41) is 9.05. The van der Waals surface area contributed by atoms with Gasteiger partial charge in [0, 0.05) is 18.3 Å². The molecular weight excluding hydrogens is 278 g/mol. The van der Waals surface area contributed by atoms with E-state index in [1.54, 1.807) is 16.7 Å². The number of hydrogen-bond acceptors (Lipinski definition) is 4. The Hall–Kier alpha value is -3.13. The summed E-state index contributed by atoms with van der Waals surface area (Å²) < 4.78 is 6.98. The van der Waals surface area contributed by atoms with Gasteiger partial charge in [0.15, 0.2) is 5.70 Å². The van der Waals surface area contributed by atoms with Crippen molar-refractivity contribution in [2.75, 3.05) is 0 Å². The number of hydrogen-bond donors (Lipinski definition) is 0. The minimum absolute atomic E-state index is 0.233. The molecule has 0 bridgehead atoms. The van der Waals surface area contributed by atoms with Crippen LogP contribution < -0.4 is 0 Å². The molecule has 2 heterocycles. The summed E-state index contributed by atoms with van der Waals surface area (Å²) in [6.07, 6.45) is 1.65. The molecule has 5 nitrogen and oxygen atoms in total. The second-order valence-corrected chi connectivity index (χ2v) is 4.94. The zero-order chi connectivity index (χ0) is 15.7. The molecule has 1 aliphatic rings. The Morgan fingerprint density at radius 2 is 2.05 bits per heavy atom. The van der Waals surface area contributed by atoms with Gasteiger partial charge in [-0.3, -0.25) is 0 Å². The van der Waals surface area contributed by atoms with Crippen molar-refractivity contribution in [2.45, 2.75) is 6.92 Å². The van der Waals surface area contributed by atoms with Gasteiger partial charge in [0.05, 0.1) is 0 Å². The number of aliphatic imine (C=N–C) groups is 1. The Bertz CT molecular complexity index is 852. The fourth-order valence-electron chi connectivity index (χ4n) is 2.24. The molecule has 0 amide bonds. The lowest BCUT2D eigenvalue weighted by Crippen LogP contribution is -2.04. The van der Waals surface area contributed by atoms with Crippen LogP contribution in [-0.2, 0) is 16.6 Å². The van der Waals surface area contributed by atoms with E-state index in [-0.39, 0.29) is 5.70 Å². The number of aromatic nitrogens is 1. The van der Waals surface area contributed by atoms with Gasteiger partial charge in [-0.15, -0.1) is 0 Å². The lowest BCUT2D eigenvalue weighted by atomic mass is 10.2. The molecule has 0 N–H and O–H groups in total. The maximum absolute atomic E-state index is 12.0. The zero-order valence-electron chi connectivity index (χ0n) is 12.2. The first kappa shape index (κ1) is 13.8. The van der Waals surface area contributed by atoms with Crippen molar-refractivity contribution < 1.29 is 9.53 Å². The van der Waals surface area contributed by atoms with Crippen molar-refractivity contribution in [3.63, 3.8) is 0 Å². The van der Waals surface area contributed by atoms with E-state index in [9.17, 15) is 4.79 Å². The Morgan fingerprint density at radius 1 is 1.32 bits per heavy atom. The first-order valence-electron chi connectivity index (χ1n) is 6.74. The molecule has 0 atom stereocenters. The standard InChI is InChI=1S/C17H13N3O2/c1-11-13(8-14(10-18)20(11)2)9-15-17(21)22-16(19-15)12-6-4-3-5-7-12/h3-9H,1-2H3/b15-9+. The molecule has 1 aliphatic heterocycles. The zero-order valence-corrected chi connectivity index (χ0v) is 12.2. The van der Waals surface area contributed by atoms with Crippen LogP contribution in [0.15, 0.2) is 47.1 Å². The van der Waals surface area contributed by atoms with Crippen LogP contribution >= 0.6 is 0 Å². The van der Waals surface area contributed by atoms with E-state index in [2.05, 4.69) is 11.1 Å². The molecule has 3 rings (SSSR count). The molecule has 22 heavy (non-hydrogen) atoms. The molecule has 0 radical (unpaired) electrons. The van der Waals surface area contributed by atoms with Gasteiger partial charge in [-0.2, -0.15) is 5.26 Å². The number of rotatable bonds is 2. The molecule has 0 unspecified atom stereocenters. The van der Waals surface area contributed by atoms with Gasteiger partial charge in [-0.05, 0) is 36.8 Å². The molecule has 1 aromatic heterocycles. The van der Waals surface area contributed by atoms with Gasteiger partial charge in [-0.25, -0.2) is 9.79 Å². The minimum atomic E-state index is -0.486. The number of ether oxygens (including phenoxy) is 1. The van der Waals surface area contributed by atoms with Crippen LogP contribution in [0.5, 0.6) is 0 Å². The van der Waals surface area contributed by atoms with Crippen LogP contribution in [0.1, 0.15) is 22.5 Å². The molecule has 2 aromatic rings. The summed E-state index contributed by atoms with van der Waals surface area (Å²) in [4.78, 5) is 16.2. The van der Waals surface area contributed by atoms with Crippen LogP contribution in [0.3, 0.4) is 0 Å². The molecule has 0 saturated carbocycles. The topological polar surface area (TPSA) is 67.4 Å². The van der Waals surface area contributed by atoms with Crippen molar-refractivity contribution in [2.24, 2.45) is 12.0 Å². The third-order valence-corrected chi connectivity index (χ3v) is 3.62. The molecule has 0 saturated heterocycles. The SMILES string of the molecule is Cc1c(/C=C2/N=C(c3ccccc3)OC2=O)cc(C#N)n1C. The van der Waals surface area contributed by atoms with Gasteiger partial charge < -0.3 is 9.30 Å². The third-order valence-electron chi connectivity index (χ3n) is 3.62. The van der Waals surface area contributed by atoms with E-state index < -0.39 is 5.97 Å². The number of esters is 1. The number of carbonyl (C=O) groups excluding carboxylic acids is 1. The Morgan fingerprint density at radius 3 is 2.68 bits per heavy atom. The highest BCUT2D eigenvalue weighted by Crippen LogP contribution is 2.22. The molecule has 0 fully saturated rings. The fraction of sp³-hybridized carbons (Fsp3) is 0.118. The van der Waals surface area contributed by atoms with Gasteiger partial charge >= 0.3 is 5.97 Å². The quantitative estimate of drug-likeness (QED) is 0.631. The normalized spacial score (nSPS) is 15.6. The number of carbonyl (C=O) groups is 1. The van der Waals surface area contributed by atoms with Gasteiger partial charge in [0.2, 0.25) is 5.90 Å². The molecule has 108 valence electrons. The largest absolute Gasteiger partial charge is 0.402 e. The summed E-state index contributed by atoms with van der Waals surface area (Å²) in [6, 6.07) is 13.1. The van der Waals surface area contributed by atoms with Crippen LogP contribution in [0.4, 0.5) is 0 Å². The van der Waals surface area contributed by atoms with Gasteiger partial charge in [0.1, 0.15) is 11.8 Å². The van der Waals surface area contributed by atoms with Crippen LogP contribution in [0.2, 0.25) is 0 Å². The first-order valence-corrected chi connectivity index (χ1v) is 6.74. The van der Waals surface area contributed by atoms with Crippen molar-refractivity contribution >= 4 is 17.9 Å². The molecule has 1 aromatic carbocycles. The van der Waals surface area contributed by atoms with E-state index in [0.29, 0.717) is 11.6 Å². The van der Waals surface area contributed by atoms with Crippen LogP contribution in [-0.4, -0.2) is 16.4 Å². The monoisotopic (exact) mass is 291 g/mol. The first-order chi connectivity index (χ1) is 10.6. The second-order valence-electron chi connectivity index (χ2n) is 4.94. The second kappa shape index (κ2) is 5.34. The molecular formula is C17H13N3O2. The lowest BCUT2D eigenvalue weighted by molar-refractivity contribution is -0.129. The third kappa shape index (κ3) is 2.31. The molecule has 0 aliphatic carbocycles. The Labute approximate surface area is 127 Å². The molecule has 5 heteroatoms. The predicted octanol–water partition coefficient (Wildman–Crippen LogP) is 2.55. The maximum Gasteiger partial charge on any atom is 0.363 e. The van der Waals surface area contributed by atoms with E-state index >= 15 is 0 Å². The number of nitrogens with zero attached hydrogens (tertiary/aromatic N) is 3. The Balaban J connectivity index is 2.00. The summed E-state index contributed by atoms with van der Waals surface area (Å²) in [5.41, 5.74) is 3.19. The summed E-state index contributed by atoms with van der Waals surface area (Å²) in [6.45, 7) is 1.88. The average molecular weight is 291 g/mol. The number of benzene rings is 1. The van der Waals surface area contributed by atoms with Gasteiger partial charge in [0.25, 0.3) is 0 Å². The van der Waals surface area contributed by atoms with Gasteiger partial charge in [-0.1, -0.05) is 18.2 Å². The average Bonchev–Trinajstić information content (AvgIpc) is 3.03. The van der Waals surface area contributed by atoms with E-state index in [1.807, 2.05) is 44.3 Å². The summed E-state index contributed by atoms with van der Waals surface area (Å²) in [7, 11) is 1.81. The highest BCUT2D eigenvalue weighted by atomic mass is 16.6. The Kier molecular flexibility index (Phi) is 3.36. The van der Waals surface area contributed by atoms with Crippen molar-refractivity contribution in [1.29, 1.82) is 5.26 Å². The van der Waals surface area contributed by atoms with Crippen molar-refractivity contribution in [3.8, 4) is 6.07 Å². The van der Waals surface area contributed by atoms with Crippen LogP contribution in [0, 0.1) is 18.3 Å². The lowest BCUT2D eigenvalue weighted by Gasteiger charge is -1.97. The number of nitriles is 1. The van der Waals surface area contributed by atoms with Crippen LogP contribution in [0.25, 0.3) is 6.08 Å². The van der Waals surface area contributed by atoms with Crippen molar-refractivity contribution in [3.05, 3.63) is 64.6 Å². The summed E-state index contributed by atoms with van der Waals surface area (Å²) >= 11 is 0. The predicted molar refractivity (Wildman–Crippen MR) is 81.9 cm³/mol. The highest BCUT2D eigenvalue weighted by molar-refractivity contribution is 6.12. The fourth-order valence-corrected chi connectivity index (χ4v) is 2.24. The minimum Gasteiger partial charge on any atom is -0.402 e. The van der Waals surface area contributed by atoms with Crippen molar-refractivity contribution in [1.82, 2.24) is 4.57 Å². The number of cyclic esters (lactones) is 1.